The van der Waals surface area contributed by atoms with E-state index in [-0.39, 0.29) is 0 Å². The Morgan fingerprint density at radius 1 is 1.38 bits per heavy atom. The minimum Gasteiger partial charge on any atom is -0.321 e. The second-order valence-corrected chi connectivity index (χ2v) is 2.81. The maximum Gasteiger partial charge on any atom is 0.176 e. The highest BCUT2D eigenvalue weighted by Crippen LogP contribution is 2.05. The average Bonchev–Trinajstić information content (AvgIpc) is 2.18. The molecule has 0 spiro atoms. The predicted molar refractivity (Wildman–Crippen MR) is 50.5 cm³/mol. The summed E-state index contributed by atoms with van der Waals surface area (Å²) in [7, 11) is 1.82. The zero-order valence-corrected chi connectivity index (χ0v) is 7.31. The van der Waals surface area contributed by atoms with Crippen molar-refractivity contribution in [2.24, 2.45) is 18.0 Å². The molecule has 66 valence electrons. The Bertz CT molecular complexity index is 498. The molecule has 0 aliphatic rings. The van der Waals surface area contributed by atoms with Gasteiger partial charge in [-0.25, -0.2) is 4.68 Å². The lowest BCUT2D eigenvalue weighted by Crippen LogP contribution is -2.22. The average molecular weight is 174 g/mol. The molecule has 0 unspecified atom stereocenters. The number of hydrogen-bond donors (Lipinski definition) is 1. The van der Waals surface area contributed by atoms with Gasteiger partial charge in [-0.05, 0) is 0 Å². The number of aryl methyl sites for hydroxylation is 1. The molecule has 1 aromatic heterocycles. The van der Waals surface area contributed by atoms with Crippen molar-refractivity contribution in [2.75, 3.05) is 0 Å². The van der Waals surface area contributed by atoms with Gasteiger partial charge in [0, 0.05) is 17.8 Å². The molecule has 0 aliphatic heterocycles. The van der Waals surface area contributed by atoms with Crippen LogP contribution < -0.4 is 11.3 Å². The SMILES string of the molecule is Cn1ncc2ccccc2c1=NN. The number of rotatable bonds is 0. The highest BCUT2D eigenvalue weighted by atomic mass is 15.3. The van der Waals surface area contributed by atoms with E-state index in [1.165, 1.54) is 0 Å². The van der Waals surface area contributed by atoms with Crippen LogP contribution in [0.4, 0.5) is 0 Å². The van der Waals surface area contributed by atoms with Crippen molar-refractivity contribution in [3.63, 3.8) is 0 Å². The van der Waals surface area contributed by atoms with E-state index in [4.69, 9.17) is 5.84 Å². The zero-order valence-electron chi connectivity index (χ0n) is 7.31. The first-order valence-electron chi connectivity index (χ1n) is 3.98. The van der Waals surface area contributed by atoms with Crippen LogP contribution in [0.15, 0.2) is 35.6 Å². The molecule has 0 radical (unpaired) electrons. The molecule has 2 N–H and O–H groups in total. The Morgan fingerprint density at radius 3 is 2.92 bits per heavy atom. The van der Waals surface area contributed by atoms with Crippen molar-refractivity contribution in [3.8, 4) is 0 Å². The molecule has 0 aliphatic carbocycles. The summed E-state index contributed by atoms with van der Waals surface area (Å²) in [5.74, 6) is 5.28. The van der Waals surface area contributed by atoms with Crippen LogP contribution in [0.5, 0.6) is 0 Å². The monoisotopic (exact) mass is 174 g/mol. The largest absolute Gasteiger partial charge is 0.321 e. The van der Waals surface area contributed by atoms with Crippen LogP contribution in [0.3, 0.4) is 0 Å². The van der Waals surface area contributed by atoms with Crippen LogP contribution in [0.2, 0.25) is 0 Å². The van der Waals surface area contributed by atoms with E-state index in [0.717, 1.165) is 10.8 Å². The quantitative estimate of drug-likeness (QED) is 0.462. The number of nitrogens with two attached hydrogens (primary N) is 1. The van der Waals surface area contributed by atoms with Crippen LogP contribution in [0.1, 0.15) is 0 Å². The second kappa shape index (κ2) is 2.90. The lowest BCUT2D eigenvalue weighted by molar-refractivity contribution is 0.695. The van der Waals surface area contributed by atoms with Crippen LogP contribution in [-0.2, 0) is 7.05 Å². The van der Waals surface area contributed by atoms with Crippen molar-refractivity contribution < 1.29 is 0 Å². The lowest BCUT2D eigenvalue weighted by atomic mass is 10.2. The summed E-state index contributed by atoms with van der Waals surface area (Å²) in [5, 5.41) is 9.88. The zero-order chi connectivity index (χ0) is 9.26. The van der Waals surface area contributed by atoms with E-state index in [1.807, 2.05) is 31.3 Å². The molecule has 0 saturated carbocycles. The second-order valence-electron chi connectivity index (χ2n) is 2.81. The van der Waals surface area contributed by atoms with Gasteiger partial charge < -0.3 is 5.84 Å². The molecule has 1 aromatic carbocycles. The minimum atomic E-state index is 0.693. The molecular weight excluding hydrogens is 164 g/mol. The third kappa shape index (κ3) is 1.16. The number of fused-ring (bicyclic) bond motifs is 1. The third-order valence-electron chi connectivity index (χ3n) is 2.00. The number of nitrogens with zero attached hydrogens (tertiary/aromatic N) is 3. The number of benzene rings is 1. The summed E-state index contributed by atoms with van der Waals surface area (Å²) in [6, 6.07) is 7.88. The molecule has 0 atom stereocenters. The summed E-state index contributed by atoms with van der Waals surface area (Å²) in [4.78, 5) is 0. The molecule has 0 fully saturated rings. The number of hydrogen-bond acceptors (Lipinski definition) is 3. The van der Waals surface area contributed by atoms with E-state index >= 15 is 0 Å². The molecule has 4 nitrogen and oxygen atoms in total. The molecule has 4 heteroatoms. The summed E-state index contributed by atoms with van der Waals surface area (Å²) in [6.45, 7) is 0. The molecule has 1 heterocycles. The Labute approximate surface area is 75.3 Å². The molecule has 0 amide bonds. The van der Waals surface area contributed by atoms with Gasteiger partial charge in [-0.3, -0.25) is 0 Å². The molecule has 2 aromatic rings. The van der Waals surface area contributed by atoms with Gasteiger partial charge in [-0.2, -0.15) is 10.2 Å². The smallest absolute Gasteiger partial charge is 0.176 e. The maximum atomic E-state index is 5.28. The highest BCUT2D eigenvalue weighted by molar-refractivity contribution is 5.80. The van der Waals surface area contributed by atoms with Gasteiger partial charge in [0.2, 0.25) is 0 Å². The van der Waals surface area contributed by atoms with Crippen LogP contribution in [0.25, 0.3) is 10.8 Å². The van der Waals surface area contributed by atoms with E-state index in [0.29, 0.717) is 5.49 Å². The fraction of sp³-hybridized carbons (Fsp3) is 0.111. The standard InChI is InChI=1S/C9H10N4/c1-13-9(12-10)8-5-3-2-4-7(8)6-11-13/h2-6H,10H2,1H3. The van der Waals surface area contributed by atoms with Crippen molar-refractivity contribution in [3.05, 3.63) is 36.0 Å². The Balaban J connectivity index is 3.01. The van der Waals surface area contributed by atoms with E-state index in [2.05, 4.69) is 10.2 Å². The molecular formula is C9H10N4. The maximum absolute atomic E-state index is 5.28. The van der Waals surface area contributed by atoms with Gasteiger partial charge in [-0.15, -0.1) is 0 Å². The summed E-state index contributed by atoms with van der Waals surface area (Å²) < 4.78 is 1.66. The van der Waals surface area contributed by atoms with Gasteiger partial charge >= 0.3 is 0 Å². The molecule has 0 saturated heterocycles. The van der Waals surface area contributed by atoms with Crippen molar-refractivity contribution >= 4 is 10.8 Å². The fourth-order valence-corrected chi connectivity index (χ4v) is 1.34. The van der Waals surface area contributed by atoms with Crippen molar-refractivity contribution in [2.45, 2.75) is 0 Å². The summed E-state index contributed by atoms with van der Waals surface area (Å²) >= 11 is 0. The van der Waals surface area contributed by atoms with E-state index in [1.54, 1.807) is 10.9 Å². The van der Waals surface area contributed by atoms with E-state index in [9.17, 15) is 0 Å². The summed E-state index contributed by atoms with van der Waals surface area (Å²) in [6.07, 6.45) is 1.80. The first-order chi connectivity index (χ1) is 6.33. The molecule has 0 bridgehead atoms. The molecule has 2 rings (SSSR count). The predicted octanol–water partition coefficient (Wildman–Crippen LogP) is 0.348. The number of aromatic nitrogens is 2. The van der Waals surface area contributed by atoms with Crippen LogP contribution in [0, 0.1) is 0 Å². The highest BCUT2D eigenvalue weighted by Gasteiger charge is 1.96. The van der Waals surface area contributed by atoms with Crippen LogP contribution >= 0.6 is 0 Å². The Morgan fingerprint density at radius 2 is 2.15 bits per heavy atom. The van der Waals surface area contributed by atoms with Crippen LogP contribution in [-0.4, -0.2) is 9.78 Å². The Kier molecular flexibility index (Phi) is 1.73. The van der Waals surface area contributed by atoms with Gasteiger partial charge in [0.1, 0.15) is 0 Å². The fourth-order valence-electron chi connectivity index (χ4n) is 1.34. The third-order valence-corrected chi connectivity index (χ3v) is 2.00. The van der Waals surface area contributed by atoms with Gasteiger partial charge in [0.15, 0.2) is 5.49 Å². The first-order valence-corrected chi connectivity index (χ1v) is 3.98. The van der Waals surface area contributed by atoms with Gasteiger partial charge in [0.05, 0.1) is 6.20 Å². The van der Waals surface area contributed by atoms with Gasteiger partial charge in [-0.1, -0.05) is 24.3 Å². The molecule has 13 heavy (non-hydrogen) atoms. The van der Waals surface area contributed by atoms with Gasteiger partial charge in [0.25, 0.3) is 0 Å². The van der Waals surface area contributed by atoms with Crippen molar-refractivity contribution in [1.82, 2.24) is 9.78 Å². The summed E-state index contributed by atoms with van der Waals surface area (Å²) in [5.41, 5.74) is 0.693. The lowest BCUT2D eigenvalue weighted by Gasteiger charge is -2.01. The minimum absolute atomic E-state index is 0.693. The Hall–Kier alpha value is -1.84. The first kappa shape index (κ1) is 7.79. The topological polar surface area (TPSA) is 56.2 Å². The van der Waals surface area contributed by atoms with E-state index < -0.39 is 0 Å². The normalized spacial score (nSPS) is 12.2. The van der Waals surface area contributed by atoms with Crippen molar-refractivity contribution in [1.29, 1.82) is 0 Å².